The highest BCUT2D eigenvalue weighted by Gasteiger charge is 2.24. The van der Waals surface area contributed by atoms with Crippen LogP contribution in [-0.2, 0) is 22.6 Å². The maximum atomic E-state index is 13.4. The molecule has 0 radical (unpaired) electrons. The number of nitrogens with two attached hydrogens (primary N) is 1. The van der Waals surface area contributed by atoms with E-state index < -0.39 is 29.5 Å². The highest BCUT2D eigenvalue weighted by molar-refractivity contribution is 5.90. The number of ether oxygens (including phenoxy) is 1. The molecule has 2 heterocycles. The maximum absolute atomic E-state index is 13.4. The maximum Gasteiger partial charge on any atom is 0.333 e. The number of hydrogen-bond donors (Lipinski definition) is 2. The van der Waals surface area contributed by atoms with Gasteiger partial charge in [-0.05, 0) is 24.6 Å². The third kappa shape index (κ3) is 4.70. The molecule has 10 heteroatoms. The molecule has 0 aliphatic carbocycles. The molecule has 1 aliphatic heterocycles. The molecule has 0 bridgehead atoms. The summed E-state index contributed by atoms with van der Waals surface area (Å²) in [7, 11) is 0. The second kappa shape index (κ2) is 9.57. The lowest BCUT2D eigenvalue weighted by Gasteiger charge is -2.30. The number of unbranched alkanes of at least 4 members (excludes halogenated alkanes) is 1. The van der Waals surface area contributed by atoms with Crippen LogP contribution in [0, 0.1) is 5.82 Å². The Morgan fingerprint density at radius 2 is 1.97 bits per heavy atom. The molecular weight excluding hydrogens is 393 g/mol. The minimum Gasteiger partial charge on any atom is -0.383 e. The van der Waals surface area contributed by atoms with Gasteiger partial charge in [0.2, 0.25) is 5.91 Å². The number of halogens is 1. The summed E-state index contributed by atoms with van der Waals surface area (Å²) in [5, 5.41) is 2.51. The van der Waals surface area contributed by atoms with Crippen molar-refractivity contribution < 1.29 is 13.9 Å². The van der Waals surface area contributed by atoms with E-state index >= 15 is 0 Å². The summed E-state index contributed by atoms with van der Waals surface area (Å²) in [6.07, 6.45) is 1.53. The van der Waals surface area contributed by atoms with Crippen molar-refractivity contribution in [1.29, 1.82) is 0 Å². The van der Waals surface area contributed by atoms with Gasteiger partial charge in [-0.2, -0.15) is 0 Å². The molecular formula is C20H26FN5O4. The summed E-state index contributed by atoms with van der Waals surface area (Å²) in [5.41, 5.74) is 5.40. The lowest BCUT2D eigenvalue weighted by molar-refractivity contribution is -0.116. The standard InChI is InChI=1S/C20H26FN5O4/c1-2-3-7-25-18(22)17(24-8-10-30-11-9-24)19(28)26(20(25)29)13-16(27)23-15-6-4-5-14(21)12-15/h4-6,12H,2-3,7-11,13,22H2,1H3,(H,23,27). The molecule has 0 atom stereocenters. The number of anilines is 3. The Kier molecular flexibility index (Phi) is 6.88. The first kappa shape index (κ1) is 21.6. The molecule has 3 N–H and O–H groups in total. The average Bonchev–Trinajstić information content (AvgIpc) is 2.72. The van der Waals surface area contributed by atoms with E-state index in [9.17, 15) is 18.8 Å². The smallest absolute Gasteiger partial charge is 0.333 e. The minimum absolute atomic E-state index is 0.0992. The zero-order valence-corrected chi connectivity index (χ0v) is 16.9. The number of aromatic nitrogens is 2. The highest BCUT2D eigenvalue weighted by Crippen LogP contribution is 2.19. The van der Waals surface area contributed by atoms with Crippen LogP contribution in [0.1, 0.15) is 19.8 Å². The first-order valence-electron chi connectivity index (χ1n) is 9.93. The summed E-state index contributed by atoms with van der Waals surface area (Å²) in [4.78, 5) is 40.4. The number of nitrogens with one attached hydrogen (secondary N) is 1. The van der Waals surface area contributed by atoms with Gasteiger partial charge in [0, 0.05) is 25.3 Å². The van der Waals surface area contributed by atoms with Crippen molar-refractivity contribution in [1.82, 2.24) is 9.13 Å². The molecule has 1 fully saturated rings. The Hall–Kier alpha value is -3.14. The number of nitrogens with zero attached hydrogens (tertiary/aromatic N) is 3. The van der Waals surface area contributed by atoms with E-state index in [0.717, 1.165) is 17.1 Å². The fraction of sp³-hybridized carbons (Fsp3) is 0.450. The molecule has 2 aromatic rings. The van der Waals surface area contributed by atoms with E-state index in [0.29, 0.717) is 39.3 Å². The van der Waals surface area contributed by atoms with Crippen LogP contribution in [0.3, 0.4) is 0 Å². The van der Waals surface area contributed by atoms with Crippen LogP contribution in [0.2, 0.25) is 0 Å². The van der Waals surface area contributed by atoms with Crippen molar-refractivity contribution in [3.63, 3.8) is 0 Å². The topological polar surface area (TPSA) is 112 Å². The molecule has 1 aromatic heterocycles. The fourth-order valence-electron chi connectivity index (χ4n) is 3.37. The van der Waals surface area contributed by atoms with Crippen LogP contribution >= 0.6 is 0 Å². The third-order valence-corrected chi connectivity index (χ3v) is 4.92. The predicted molar refractivity (Wildman–Crippen MR) is 112 cm³/mol. The molecule has 0 unspecified atom stereocenters. The zero-order chi connectivity index (χ0) is 21.7. The first-order valence-corrected chi connectivity index (χ1v) is 9.93. The molecule has 1 amide bonds. The Balaban J connectivity index is 1.98. The van der Waals surface area contributed by atoms with Crippen LogP contribution in [-0.4, -0.2) is 41.3 Å². The van der Waals surface area contributed by atoms with Gasteiger partial charge in [-0.3, -0.25) is 14.2 Å². The van der Waals surface area contributed by atoms with Gasteiger partial charge in [0.05, 0.1) is 13.2 Å². The average molecular weight is 419 g/mol. The van der Waals surface area contributed by atoms with E-state index in [4.69, 9.17) is 10.5 Å². The van der Waals surface area contributed by atoms with Crippen molar-refractivity contribution in [2.24, 2.45) is 0 Å². The van der Waals surface area contributed by atoms with Crippen molar-refractivity contribution >= 4 is 23.1 Å². The summed E-state index contributed by atoms with van der Waals surface area (Å²) in [6.45, 7) is 3.61. The molecule has 1 aromatic carbocycles. The van der Waals surface area contributed by atoms with Gasteiger partial charge in [-0.25, -0.2) is 13.8 Å². The van der Waals surface area contributed by atoms with Gasteiger partial charge in [0.25, 0.3) is 5.56 Å². The van der Waals surface area contributed by atoms with Crippen LogP contribution in [0.25, 0.3) is 0 Å². The van der Waals surface area contributed by atoms with Crippen molar-refractivity contribution in [3.8, 4) is 0 Å². The number of carbonyl (C=O) groups excluding carboxylic acids is 1. The van der Waals surface area contributed by atoms with E-state index in [2.05, 4.69) is 5.32 Å². The van der Waals surface area contributed by atoms with Gasteiger partial charge < -0.3 is 20.7 Å². The molecule has 3 rings (SSSR count). The zero-order valence-electron chi connectivity index (χ0n) is 16.9. The molecule has 0 spiro atoms. The first-order chi connectivity index (χ1) is 14.4. The van der Waals surface area contributed by atoms with Gasteiger partial charge in [0.1, 0.15) is 23.9 Å². The lowest BCUT2D eigenvalue weighted by Crippen LogP contribution is -2.48. The second-order valence-corrected chi connectivity index (χ2v) is 7.07. The summed E-state index contributed by atoms with van der Waals surface area (Å²) in [6, 6.07) is 5.38. The van der Waals surface area contributed by atoms with Crippen molar-refractivity contribution in [2.45, 2.75) is 32.9 Å². The number of amides is 1. The Morgan fingerprint density at radius 3 is 2.63 bits per heavy atom. The Labute approximate surface area is 172 Å². The quantitative estimate of drug-likeness (QED) is 0.693. The van der Waals surface area contributed by atoms with Gasteiger partial charge in [0.15, 0.2) is 0 Å². The lowest BCUT2D eigenvalue weighted by atomic mass is 10.3. The minimum atomic E-state index is -0.641. The van der Waals surface area contributed by atoms with Crippen LogP contribution in [0.15, 0.2) is 33.9 Å². The molecule has 1 aliphatic rings. The number of hydrogen-bond acceptors (Lipinski definition) is 6. The second-order valence-electron chi connectivity index (χ2n) is 7.07. The fourth-order valence-corrected chi connectivity index (χ4v) is 3.37. The number of nitrogen functional groups attached to an aromatic ring is 1. The predicted octanol–water partition coefficient (Wildman–Crippen LogP) is 1.01. The summed E-state index contributed by atoms with van der Waals surface area (Å²) < 4.78 is 20.9. The van der Waals surface area contributed by atoms with E-state index in [1.54, 1.807) is 4.90 Å². The van der Waals surface area contributed by atoms with E-state index in [-0.39, 0.29) is 17.2 Å². The largest absolute Gasteiger partial charge is 0.383 e. The van der Waals surface area contributed by atoms with Crippen LogP contribution in [0.5, 0.6) is 0 Å². The number of morpholine rings is 1. The van der Waals surface area contributed by atoms with Gasteiger partial charge >= 0.3 is 5.69 Å². The molecule has 162 valence electrons. The number of benzene rings is 1. The third-order valence-electron chi connectivity index (χ3n) is 4.92. The Bertz CT molecular complexity index is 1030. The molecule has 0 saturated carbocycles. The van der Waals surface area contributed by atoms with Crippen molar-refractivity contribution in [3.05, 3.63) is 50.9 Å². The highest BCUT2D eigenvalue weighted by atomic mass is 19.1. The van der Waals surface area contributed by atoms with Crippen LogP contribution < -0.4 is 27.2 Å². The number of rotatable bonds is 7. The van der Waals surface area contributed by atoms with Crippen LogP contribution in [0.4, 0.5) is 21.6 Å². The monoisotopic (exact) mass is 419 g/mol. The number of carbonyl (C=O) groups is 1. The van der Waals surface area contributed by atoms with E-state index in [1.807, 2.05) is 6.92 Å². The molecule has 9 nitrogen and oxygen atoms in total. The normalized spacial score (nSPS) is 14.0. The van der Waals surface area contributed by atoms with Gasteiger partial charge in [-0.15, -0.1) is 0 Å². The summed E-state index contributed by atoms with van der Waals surface area (Å²) in [5.74, 6) is -1.02. The summed E-state index contributed by atoms with van der Waals surface area (Å²) >= 11 is 0. The molecule has 30 heavy (non-hydrogen) atoms. The Morgan fingerprint density at radius 1 is 1.23 bits per heavy atom. The van der Waals surface area contributed by atoms with Gasteiger partial charge in [-0.1, -0.05) is 19.4 Å². The SMILES string of the molecule is CCCCn1c(N)c(N2CCOCC2)c(=O)n(CC(=O)Nc2cccc(F)c2)c1=O. The molecule has 1 saturated heterocycles. The van der Waals surface area contributed by atoms with E-state index in [1.165, 1.54) is 22.8 Å². The van der Waals surface area contributed by atoms with Crippen molar-refractivity contribution in [2.75, 3.05) is 42.3 Å².